The third kappa shape index (κ3) is 7.14. The van der Waals surface area contributed by atoms with Crippen molar-refractivity contribution in [1.82, 2.24) is 19.4 Å². The first-order valence-corrected chi connectivity index (χ1v) is 14.7. The van der Waals surface area contributed by atoms with Crippen LogP contribution in [0, 0.1) is 11.8 Å². The lowest BCUT2D eigenvalue weighted by Gasteiger charge is -2.44. The summed E-state index contributed by atoms with van der Waals surface area (Å²) in [5.74, 6) is 6.52. The number of carbonyl (C=O) groups is 1. The molecule has 0 radical (unpaired) electrons. The highest BCUT2D eigenvalue weighted by atomic mass is 32.2. The minimum Gasteiger partial charge on any atom is -0.495 e. The van der Waals surface area contributed by atoms with Crippen molar-refractivity contribution >= 4 is 34.7 Å². The van der Waals surface area contributed by atoms with Gasteiger partial charge in [0, 0.05) is 24.2 Å². The average Bonchev–Trinajstić information content (AvgIpc) is 3.27. The van der Waals surface area contributed by atoms with E-state index in [4.69, 9.17) is 4.74 Å². The van der Waals surface area contributed by atoms with Gasteiger partial charge in [-0.05, 0) is 81.8 Å². The van der Waals surface area contributed by atoms with Gasteiger partial charge in [0.25, 0.3) is 5.91 Å². The molecule has 1 aromatic carbocycles. The minimum atomic E-state index is -4.51. The molecule has 230 valence electrons. The molecule has 0 atom stereocenters. The summed E-state index contributed by atoms with van der Waals surface area (Å²) < 4.78 is 47.7. The summed E-state index contributed by atoms with van der Waals surface area (Å²) >= 11 is -0.221. The molecular formula is C30H35F3N6O3S. The normalized spacial score (nSPS) is 18.0. The molecule has 2 fully saturated rings. The molecule has 2 saturated heterocycles. The van der Waals surface area contributed by atoms with Gasteiger partial charge in [-0.15, -0.1) is 0 Å². The molecule has 1 amide bonds. The highest BCUT2D eigenvalue weighted by molar-refractivity contribution is 8.00. The zero-order chi connectivity index (χ0) is 31.0. The molecule has 43 heavy (non-hydrogen) atoms. The van der Waals surface area contributed by atoms with Gasteiger partial charge in [0.05, 0.1) is 48.4 Å². The highest BCUT2D eigenvalue weighted by Crippen LogP contribution is 2.41. The molecule has 13 heteroatoms. The molecule has 3 N–H and O–H groups in total. The number of nitrogens with one attached hydrogen (secondary N) is 2. The molecule has 0 bridgehead atoms. The van der Waals surface area contributed by atoms with Crippen LogP contribution in [0.3, 0.4) is 0 Å². The number of rotatable bonds is 7. The number of benzene rings is 1. The number of aromatic nitrogens is 2. The first-order valence-electron chi connectivity index (χ1n) is 13.9. The van der Waals surface area contributed by atoms with Crippen molar-refractivity contribution in [2.45, 2.75) is 48.2 Å². The maximum Gasteiger partial charge on any atom is 0.446 e. The van der Waals surface area contributed by atoms with Crippen LogP contribution in [0.4, 0.5) is 24.7 Å². The molecule has 0 spiro atoms. The lowest BCUT2D eigenvalue weighted by Crippen LogP contribution is -2.61. The Morgan fingerprint density at radius 3 is 2.56 bits per heavy atom. The Balaban J connectivity index is 1.35. The van der Waals surface area contributed by atoms with Crippen molar-refractivity contribution in [2.75, 3.05) is 57.5 Å². The van der Waals surface area contributed by atoms with Crippen molar-refractivity contribution in [1.29, 1.82) is 0 Å². The molecule has 2 aliphatic heterocycles. The second-order valence-electron chi connectivity index (χ2n) is 11.7. The number of amides is 1. The number of pyridine rings is 1. The lowest BCUT2D eigenvalue weighted by atomic mass is 9.90. The first-order chi connectivity index (χ1) is 20.3. The molecule has 2 aromatic heterocycles. The summed E-state index contributed by atoms with van der Waals surface area (Å²) in [4.78, 5) is 16.4. The monoisotopic (exact) mass is 616 g/mol. The van der Waals surface area contributed by atoms with Gasteiger partial charge < -0.3 is 30.3 Å². The number of fused-ring (bicyclic) bond motifs is 1. The van der Waals surface area contributed by atoms with Gasteiger partial charge in [0.1, 0.15) is 17.3 Å². The number of β-amino-alcohol motifs (C(OH)–C–C–N with tert-alkyl or cyclic N) is 1. The number of nitrogens with zero attached hydrogens (tertiary/aromatic N) is 4. The maximum atomic E-state index is 13.6. The fourth-order valence-corrected chi connectivity index (χ4v) is 6.01. The zero-order valence-electron chi connectivity index (χ0n) is 24.5. The van der Waals surface area contributed by atoms with Gasteiger partial charge in [-0.3, -0.25) is 4.79 Å². The predicted octanol–water partition coefficient (Wildman–Crippen LogP) is 4.52. The van der Waals surface area contributed by atoms with Crippen LogP contribution >= 0.6 is 11.8 Å². The summed E-state index contributed by atoms with van der Waals surface area (Å²) in [6.07, 6.45) is 1.78. The smallest absolute Gasteiger partial charge is 0.446 e. The number of piperidine rings is 1. The van der Waals surface area contributed by atoms with Gasteiger partial charge in [0.15, 0.2) is 0 Å². The number of anilines is 2. The largest absolute Gasteiger partial charge is 0.495 e. The van der Waals surface area contributed by atoms with Crippen molar-refractivity contribution in [2.24, 2.45) is 0 Å². The number of methoxy groups -OCH3 is 1. The minimum absolute atomic E-state index is 0.0326. The Labute approximate surface area is 252 Å². The number of carbonyl (C=O) groups excluding carboxylic acids is 1. The quantitative estimate of drug-likeness (QED) is 0.264. The van der Waals surface area contributed by atoms with Crippen LogP contribution in [0.2, 0.25) is 0 Å². The van der Waals surface area contributed by atoms with E-state index < -0.39 is 11.1 Å². The second-order valence-corrected chi connectivity index (χ2v) is 12.7. The molecule has 2 aliphatic rings. The van der Waals surface area contributed by atoms with Crippen LogP contribution in [-0.4, -0.2) is 94.0 Å². The van der Waals surface area contributed by atoms with Gasteiger partial charge >= 0.3 is 5.51 Å². The Kier molecular flexibility index (Phi) is 8.48. The van der Waals surface area contributed by atoms with E-state index in [1.54, 1.807) is 42.2 Å². The van der Waals surface area contributed by atoms with Crippen LogP contribution in [0.15, 0.2) is 41.3 Å². The van der Waals surface area contributed by atoms with E-state index in [9.17, 15) is 23.1 Å². The number of halogens is 3. The molecule has 0 aliphatic carbocycles. The van der Waals surface area contributed by atoms with Crippen molar-refractivity contribution in [3.63, 3.8) is 0 Å². The molecule has 0 saturated carbocycles. The summed E-state index contributed by atoms with van der Waals surface area (Å²) in [7, 11) is 3.55. The molecule has 4 heterocycles. The summed E-state index contributed by atoms with van der Waals surface area (Å²) in [6.45, 7) is 6.25. The number of hydrogen-bond donors (Lipinski definition) is 3. The predicted molar refractivity (Wildman–Crippen MR) is 161 cm³/mol. The van der Waals surface area contributed by atoms with E-state index in [1.165, 1.54) is 11.6 Å². The van der Waals surface area contributed by atoms with E-state index in [-0.39, 0.29) is 53.4 Å². The highest BCUT2D eigenvalue weighted by Gasteiger charge is 2.40. The van der Waals surface area contributed by atoms with Crippen molar-refractivity contribution in [3.8, 4) is 17.6 Å². The number of ether oxygens (including phenoxy) is 1. The maximum absolute atomic E-state index is 13.6. The Bertz CT molecular complexity index is 1560. The third-order valence-electron chi connectivity index (χ3n) is 7.72. The topological polar surface area (TPSA) is 94.4 Å². The van der Waals surface area contributed by atoms with Gasteiger partial charge in [0.2, 0.25) is 0 Å². The van der Waals surface area contributed by atoms with E-state index >= 15 is 0 Å². The van der Waals surface area contributed by atoms with Crippen LogP contribution in [0.25, 0.3) is 5.52 Å². The van der Waals surface area contributed by atoms with Crippen LogP contribution < -0.4 is 15.4 Å². The number of thioether (sulfide) groups is 1. The summed E-state index contributed by atoms with van der Waals surface area (Å²) in [5, 5.41) is 21.1. The zero-order valence-corrected chi connectivity index (χ0v) is 25.3. The Morgan fingerprint density at radius 1 is 1.19 bits per heavy atom. The van der Waals surface area contributed by atoms with Crippen molar-refractivity contribution in [3.05, 3.63) is 47.7 Å². The van der Waals surface area contributed by atoms with Crippen LogP contribution in [-0.2, 0) is 0 Å². The lowest BCUT2D eigenvalue weighted by molar-refractivity contribution is -0.0668. The molecule has 9 nitrogen and oxygen atoms in total. The fraction of sp³-hybridized carbons (Fsp3) is 0.467. The van der Waals surface area contributed by atoms with E-state index in [1.807, 2.05) is 6.07 Å². The number of aliphatic hydroxyl groups is 1. The Hall–Kier alpha value is -3.60. The van der Waals surface area contributed by atoms with Crippen molar-refractivity contribution < 1.29 is 27.8 Å². The molecule has 3 aromatic rings. The molecule has 5 rings (SSSR count). The SMILES string of the molecule is COc1cc(C(=O)N2CC(C)(O)C2)ccc1NCC#Cc1nn2c(NC3(C)CCN(C)CC3)cccc2c1SC(F)(F)F. The van der Waals surface area contributed by atoms with Crippen LogP contribution in [0.5, 0.6) is 5.75 Å². The van der Waals surface area contributed by atoms with Crippen LogP contribution in [0.1, 0.15) is 42.7 Å². The Morgan fingerprint density at radius 2 is 1.91 bits per heavy atom. The molecule has 0 unspecified atom stereocenters. The first kappa shape index (κ1) is 30.8. The standard InChI is InChI=1S/C30H35F3N6O3S/c1-28(12-15-37(3)16-13-28)35-25-9-5-8-23-26(43-30(31,32)33)22(36-39(23)25)7-6-14-34-21-11-10-20(17-24(21)42-4)27(40)38-18-29(2,41)19-38/h5,8-11,17,34-35,41H,12-16,18-19H2,1-4H3. The van der Waals surface area contributed by atoms with E-state index in [0.29, 0.717) is 28.3 Å². The van der Waals surface area contributed by atoms with E-state index in [2.05, 4.69) is 46.4 Å². The number of hydrogen-bond acceptors (Lipinski definition) is 8. The summed E-state index contributed by atoms with van der Waals surface area (Å²) in [6, 6.07) is 10.1. The van der Waals surface area contributed by atoms with Gasteiger partial charge in [-0.25, -0.2) is 4.52 Å². The fourth-order valence-electron chi connectivity index (χ4n) is 5.33. The number of likely N-dealkylation sites (tertiary alicyclic amines) is 2. The van der Waals surface area contributed by atoms with Gasteiger partial charge in [-0.2, -0.15) is 18.3 Å². The summed E-state index contributed by atoms with van der Waals surface area (Å²) in [5.41, 5.74) is -4.25. The number of alkyl halides is 3. The average molecular weight is 617 g/mol. The van der Waals surface area contributed by atoms with E-state index in [0.717, 1.165) is 25.9 Å². The van der Waals surface area contributed by atoms with Gasteiger partial charge in [-0.1, -0.05) is 12.0 Å². The molecular weight excluding hydrogens is 581 g/mol. The third-order valence-corrected chi connectivity index (χ3v) is 8.56. The second kappa shape index (κ2) is 11.8.